The van der Waals surface area contributed by atoms with E-state index in [-0.39, 0.29) is 29.9 Å². The van der Waals surface area contributed by atoms with Gasteiger partial charge in [0.15, 0.2) is 5.96 Å². The molecule has 0 radical (unpaired) electrons. The number of anilines is 1. The zero-order chi connectivity index (χ0) is 20.1. The molecule has 0 atom stereocenters. The minimum Gasteiger partial charge on any atom is -0.357 e. The Morgan fingerprint density at radius 2 is 1.93 bits per heavy atom. The SMILES string of the molecule is CCNC(=NCCc1cc(C)cc(C)c1)N1CCN(c2cnn(C)c2)C(=O)C1.I. The van der Waals surface area contributed by atoms with Gasteiger partial charge >= 0.3 is 0 Å². The Hall–Kier alpha value is -2.10. The van der Waals surface area contributed by atoms with Crippen molar-refractivity contribution in [2.45, 2.75) is 27.2 Å². The van der Waals surface area contributed by atoms with Crippen LogP contribution in [-0.4, -0.2) is 59.3 Å². The first-order valence-electron chi connectivity index (χ1n) is 9.85. The van der Waals surface area contributed by atoms with Gasteiger partial charge in [0.05, 0.1) is 11.9 Å². The number of nitrogens with one attached hydrogen (secondary N) is 1. The summed E-state index contributed by atoms with van der Waals surface area (Å²) in [6, 6.07) is 6.61. The Bertz CT molecular complexity index is 842. The number of aromatic nitrogens is 2. The number of piperazine rings is 1. The van der Waals surface area contributed by atoms with Gasteiger partial charge in [-0.25, -0.2) is 0 Å². The molecule has 158 valence electrons. The lowest BCUT2D eigenvalue weighted by Gasteiger charge is -2.35. The Morgan fingerprint density at radius 1 is 1.21 bits per heavy atom. The first-order chi connectivity index (χ1) is 13.5. The molecule has 29 heavy (non-hydrogen) atoms. The highest BCUT2D eigenvalue weighted by molar-refractivity contribution is 14.0. The maximum Gasteiger partial charge on any atom is 0.246 e. The van der Waals surface area contributed by atoms with E-state index in [1.807, 2.05) is 25.1 Å². The number of rotatable bonds is 5. The van der Waals surface area contributed by atoms with Gasteiger partial charge in [0.1, 0.15) is 6.54 Å². The van der Waals surface area contributed by atoms with E-state index in [2.05, 4.69) is 42.5 Å². The van der Waals surface area contributed by atoms with Crippen LogP contribution < -0.4 is 10.2 Å². The molecule has 3 rings (SSSR count). The van der Waals surface area contributed by atoms with E-state index < -0.39 is 0 Å². The van der Waals surface area contributed by atoms with Crippen LogP contribution in [0.2, 0.25) is 0 Å². The predicted octanol–water partition coefficient (Wildman–Crippen LogP) is 2.51. The van der Waals surface area contributed by atoms with E-state index in [0.717, 1.165) is 31.2 Å². The lowest BCUT2D eigenvalue weighted by molar-refractivity contribution is -0.120. The number of amides is 1. The monoisotopic (exact) mass is 510 g/mol. The molecule has 1 N–H and O–H groups in total. The number of hydrogen-bond acceptors (Lipinski definition) is 3. The number of carbonyl (C=O) groups is 1. The number of carbonyl (C=O) groups excluding carboxylic acids is 1. The normalized spacial score (nSPS) is 14.8. The molecule has 1 amide bonds. The van der Waals surface area contributed by atoms with Crippen molar-refractivity contribution in [1.82, 2.24) is 20.0 Å². The molecule has 1 aromatic carbocycles. The zero-order valence-electron chi connectivity index (χ0n) is 17.7. The van der Waals surface area contributed by atoms with Crippen LogP contribution in [0.5, 0.6) is 0 Å². The molecule has 0 unspecified atom stereocenters. The summed E-state index contributed by atoms with van der Waals surface area (Å²) in [6.45, 7) is 9.47. The second kappa shape index (κ2) is 10.6. The lowest BCUT2D eigenvalue weighted by Crippen LogP contribution is -2.55. The van der Waals surface area contributed by atoms with E-state index in [4.69, 9.17) is 4.99 Å². The molecule has 2 aromatic rings. The van der Waals surface area contributed by atoms with Crippen LogP contribution >= 0.6 is 24.0 Å². The van der Waals surface area contributed by atoms with Crippen molar-refractivity contribution in [3.63, 3.8) is 0 Å². The molecule has 1 aliphatic rings. The number of benzene rings is 1. The van der Waals surface area contributed by atoms with Gasteiger partial charge in [-0.1, -0.05) is 29.3 Å². The van der Waals surface area contributed by atoms with Crippen molar-refractivity contribution < 1.29 is 4.79 Å². The minimum absolute atomic E-state index is 0. The fraction of sp³-hybridized carbons (Fsp3) is 0.476. The second-order valence-corrected chi connectivity index (χ2v) is 7.32. The molecule has 2 heterocycles. The summed E-state index contributed by atoms with van der Waals surface area (Å²) >= 11 is 0. The first kappa shape index (κ1) is 23.2. The third kappa shape index (κ3) is 6.19. The van der Waals surface area contributed by atoms with Crippen molar-refractivity contribution >= 4 is 41.5 Å². The van der Waals surface area contributed by atoms with Crippen LogP contribution in [0.15, 0.2) is 35.6 Å². The topological polar surface area (TPSA) is 65.8 Å². The van der Waals surface area contributed by atoms with E-state index in [1.54, 1.807) is 15.8 Å². The molecule has 0 aliphatic carbocycles. The molecule has 1 saturated heterocycles. The molecule has 0 bridgehead atoms. The quantitative estimate of drug-likeness (QED) is 0.382. The third-order valence-electron chi connectivity index (χ3n) is 4.80. The largest absolute Gasteiger partial charge is 0.357 e. The molecule has 0 saturated carbocycles. The van der Waals surface area contributed by atoms with Crippen LogP contribution in [0.4, 0.5) is 5.69 Å². The number of aryl methyl sites for hydroxylation is 3. The van der Waals surface area contributed by atoms with Gasteiger partial charge in [0.25, 0.3) is 0 Å². The number of aliphatic imine (C=N–C) groups is 1. The van der Waals surface area contributed by atoms with E-state index in [1.165, 1.54) is 16.7 Å². The third-order valence-corrected chi connectivity index (χ3v) is 4.80. The number of guanidine groups is 1. The standard InChI is InChI=1S/C21H30N6O.HI/c1-5-22-21(23-7-6-18-11-16(2)10-17(3)12-18)26-8-9-27(20(28)15-26)19-13-24-25(4)14-19;/h10-14H,5-9,15H2,1-4H3,(H,22,23);1H. The Morgan fingerprint density at radius 3 is 2.52 bits per heavy atom. The zero-order valence-corrected chi connectivity index (χ0v) is 20.0. The molecular weight excluding hydrogens is 479 g/mol. The van der Waals surface area contributed by atoms with Gasteiger partial charge in [0.2, 0.25) is 5.91 Å². The van der Waals surface area contributed by atoms with Crippen LogP contribution in [0.25, 0.3) is 0 Å². The Balaban J connectivity index is 0.00000300. The fourth-order valence-corrected chi connectivity index (χ4v) is 3.60. The number of halogens is 1. The summed E-state index contributed by atoms with van der Waals surface area (Å²) in [5, 5.41) is 7.49. The maximum absolute atomic E-state index is 12.7. The summed E-state index contributed by atoms with van der Waals surface area (Å²) in [7, 11) is 1.86. The number of hydrogen-bond donors (Lipinski definition) is 1. The minimum atomic E-state index is 0. The van der Waals surface area contributed by atoms with Gasteiger partial charge in [-0.3, -0.25) is 14.5 Å². The molecule has 0 spiro atoms. The van der Waals surface area contributed by atoms with Crippen molar-refractivity contribution in [3.05, 3.63) is 47.3 Å². The van der Waals surface area contributed by atoms with Gasteiger partial charge < -0.3 is 15.1 Å². The molecule has 7 nitrogen and oxygen atoms in total. The Labute approximate surface area is 190 Å². The van der Waals surface area contributed by atoms with Gasteiger partial charge in [-0.05, 0) is 32.8 Å². The highest BCUT2D eigenvalue weighted by atomic mass is 127. The summed E-state index contributed by atoms with van der Waals surface area (Å²) in [5.41, 5.74) is 4.71. The van der Waals surface area contributed by atoms with E-state index in [9.17, 15) is 4.79 Å². The van der Waals surface area contributed by atoms with Crippen LogP contribution in [-0.2, 0) is 18.3 Å². The van der Waals surface area contributed by atoms with Gasteiger partial charge in [0, 0.05) is 39.4 Å². The van der Waals surface area contributed by atoms with Gasteiger partial charge in [-0.15, -0.1) is 24.0 Å². The fourth-order valence-electron chi connectivity index (χ4n) is 3.60. The lowest BCUT2D eigenvalue weighted by atomic mass is 10.1. The van der Waals surface area contributed by atoms with Crippen LogP contribution in [0.1, 0.15) is 23.6 Å². The number of nitrogens with zero attached hydrogens (tertiary/aromatic N) is 5. The van der Waals surface area contributed by atoms with Crippen LogP contribution in [0.3, 0.4) is 0 Å². The molecule has 1 fully saturated rings. The average Bonchev–Trinajstić information content (AvgIpc) is 3.06. The first-order valence-corrected chi connectivity index (χ1v) is 9.85. The molecular formula is C21H31IN6O. The molecule has 1 aromatic heterocycles. The van der Waals surface area contributed by atoms with Crippen molar-refractivity contribution in [1.29, 1.82) is 0 Å². The second-order valence-electron chi connectivity index (χ2n) is 7.32. The van der Waals surface area contributed by atoms with Crippen LogP contribution in [0, 0.1) is 13.8 Å². The summed E-state index contributed by atoms with van der Waals surface area (Å²) in [6.07, 6.45) is 4.49. The summed E-state index contributed by atoms with van der Waals surface area (Å²) in [5.74, 6) is 0.880. The smallest absolute Gasteiger partial charge is 0.246 e. The maximum atomic E-state index is 12.7. The molecule has 1 aliphatic heterocycles. The summed E-state index contributed by atoms with van der Waals surface area (Å²) in [4.78, 5) is 21.3. The van der Waals surface area contributed by atoms with Crippen molar-refractivity contribution in [3.8, 4) is 0 Å². The van der Waals surface area contributed by atoms with E-state index >= 15 is 0 Å². The predicted molar refractivity (Wildman–Crippen MR) is 128 cm³/mol. The highest BCUT2D eigenvalue weighted by Crippen LogP contribution is 2.16. The highest BCUT2D eigenvalue weighted by Gasteiger charge is 2.27. The average molecular weight is 510 g/mol. The van der Waals surface area contributed by atoms with Gasteiger partial charge in [-0.2, -0.15) is 5.10 Å². The van der Waals surface area contributed by atoms with Crippen molar-refractivity contribution in [2.75, 3.05) is 37.6 Å². The summed E-state index contributed by atoms with van der Waals surface area (Å²) < 4.78 is 1.72. The van der Waals surface area contributed by atoms with Crippen molar-refractivity contribution in [2.24, 2.45) is 12.0 Å². The van der Waals surface area contributed by atoms with E-state index in [0.29, 0.717) is 19.6 Å². The molecule has 8 heteroatoms. The Kier molecular flexibility index (Phi) is 8.48.